The smallest absolute Gasteiger partial charge is 0.329 e. The molecule has 0 spiro atoms. The van der Waals surface area contributed by atoms with E-state index in [0.29, 0.717) is 42.8 Å². The minimum absolute atomic E-state index is 0.00920. The summed E-state index contributed by atoms with van der Waals surface area (Å²) >= 11 is 2.11. The molecule has 7 amide bonds. The van der Waals surface area contributed by atoms with E-state index < -0.39 is 343 Å². The number of carbonyl (C=O) groups excluding carboxylic acids is 15. The average Bonchev–Trinajstić information content (AvgIpc) is 0.770. The van der Waals surface area contributed by atoms with Gasteiger partial charge >= 0.3 is 65.7 Å². The van der Waals surface area contributed by atoms with Gasteiger partial charge in [0.25, 0.3) is 11.7 Å². The second-order valence-corrected chi connectivity index (χ2v) is 39.1. The zero-order chi connectivity index (χ0) is 107. The van der Waals surface area contributed by atoms with Crippen molar-refractivity contribution in [2.45, 2.75) is 262 Å². The highest BCUT2D eigenvalue weighted by Crippen LogP contribution is 2.40. The van der Waals surface area contributed by atoms with Crippen molar-refractivity contribution in [3.8, 4) is 0 Å². The fourth-order valence-corrected chi connectivity index (χ4v) is 18.3. The molecule has 1 saturated carbocycles. The van der Waals surface area contributed by atoms with Crippen LogP contribution in [-0.2, 0) is 143 Å². The lowest BCUT2D eigenvalue weighted by Crippen LogP contribution is -2.61. The molecule has 2 saturated heterocycles. The molecule has 0 aromatic heterocycles. The first-order chi connectivity index (χ1) is 66.8. The van der Waals surface area contributed by atoms with Gasteiger partial charge in [-0.2, -0.15) is 0 Å². The van der Waals surface area contributed by atoms with Crippen LogP contribution in [0.1, 0.15) is 171 Å². The van der Waals surface area contributed by atoms with Gasteiger partial charge in [0.2, 0.25) is 41.2 Å². The Morgan fingerprint density at radius 1 is 0.570 bits per heavy atom. The molecule has 3 fully saturated rings. The van der Waals surface area contributed by atoms with Crippen molar-refractivity contribution in [3.63, 3.8) is 0 Å². The van der Waals surface area contributed by atoms with E-state index in [4.69, 9.17) is 59.8 Å². The summed E-state index contributed by atoms with van der Waals surface area (Å²) in [6, 6.07) is -10.4. The number of hydrogen-bond acceptors (Lipinski definition) is 37. The van der Waals surface area contributed by atoms with Gasteiger partial charge in [-0.05, 0) is 133 Å². The van der Waals surface area contributed by atoms with Crippen LogP contribution in [0.3, 0.4) is 0 Å². The van der Waals surface area contributed by atoms with Gasteiger partial charge < -0.3 is 132 Å². The number of allylic oxidation sites excluding steroid dienone is 6. The topological polar surface area (TPSA) is 737 Å². The van der Waals surface area contributed by atoms with Crippen molar-refractivity contribution >= 4 is 160 Å². The van der Waals surface area contributed by atoms with Crippen LogP contribution < -0.4 is 49.1 Å². The number of nitrogens with one attached hydrogen (secondary N) is 6. The molecule has 2 bridgehead atoms. The largest absolute Gasteiger partial charge is 0.480 e. The van der Waals surface area contributed by atoms with Gasteiger partial charge in [0, 0.05) is 95.0 Å². The quantitative estimate of drug-likeness (QED) is 0.0167. The van der Waals surface area contributed by atoms with Gasteiger partial charge in [0.15, 0.2) is 18.0 Å². The van der Waals surface area contributed by atoms with Gasteiger partial charge in [0.1, 0.15) is 98.5 Å². The third kappa shape index (κ3) is 42.6. The Hall–Kier alpha value is -10.8. The number of cyclic esters (lactones) is 1. The number of piperidine rings is 1. The van der Waals surface area contributed by atoms with Crippen LogP contribution in [0.2, 0.25) is 0 Å². The number of carboxylic acids is 6. The summed E-state index contributed by atoms with van der Waals surface area (Å²) in [6.07, 6.45) is 1.12. The SMILES string of the molecule is CO[C@H]1C[C@@H]2CC[C@@H](C)[C@@](O)(O2)C(=O)C(=O)N2CCCC[C@H]2C(=O)O[C@H]([C@H](C)C[C@@H]2CC[C@@H](OC(=O)C(C)(COC(=O)CSC[C@H](NC(=O)CC[C@H](N)C(=O)O)C(=O)NCC(=O)O)COC(=O)CSC[C@H](NC(=O)CC[C@H](N)C(=O)O)C(=O)NCC(=O)O)[C@H](OC)C2)CC(=O)[C@H](C)/C=C(\C)[C@@H](OC(=O)CSC[C@H](NC(=O)CC[C@H](N)C(=O)O)C(=O)NCC(=O)O)[C@@H](OC)C(=O)[C@H](C)C[C@H](C)/C=C/C=CC=C1C. The molecule has 3 heterocycles. The molecule has 0 radical (unpaired) electrons. The summed E-state index contributed by atoms with van der Waals surface area (Å²) in [5.74, 6) is -33.5. The highest BCUT2D eigenvalue weighted by molar-refractivity contribution is 8.00. The average molecular weight is 2070 g/mol. The number of carboxylic acid groups (broad SMARTS) is 6. The number of nitrogens with two attached hydrogens (primary N) is 3. The van der Waals surface area contributed by atoms with E-state index >= 15 is 9.59 Å². The maximum atomic E-state index is 15.3. The van der Waals surface area contributed by atoms with Crippen molar-refractivity contribution in [3.05, 3.63) is 47.6 Å². The lowest BCUT2D eigenvalue weighted by molar-refractivity contribution is -0.265. The Labute approximate surface area is 834 Å². The highest BCUT2D eigenvalue weighted by atomic mass is 32.2. The number of aliphatic carboxylic acids is 6. The number of esters is 5. The van der Waals surface area contributed by atoms with E-state index in [1.807, 2.05) is 19.9 Å². The summed E-state index contributed by atoms with van der Waals surface area (Å²) in [5.41, 5.74) is 15.3. The number of nitrogens with zero attached hydrogens (tertiary/aromatic N) is 1. The molecule has 4 aliphatic rings. The molecule has 0 aromatic carbocycles. The second-order valence-electron chi connectivity index (χ2n) is 36.0. The maximum Gasteiger partial charge on any atom is 0.329 e. The van der Waals surface area contributed by atoms with Gasteiger partial charge in [-0.1, -0.05) is 71.1 Å². The number of carbonyl (C=O) groups is 21. The lowest BCUT2D eigenvalue weighted by atomic mass is 9.78. The highest BCUT2D eigenvalue weighted by Gasteiger charge is 2.54. The summed E-state index contributed by atoms with van der Waals surface area (Å²) in [4.78, 5) is 279. The van der Waals surface area contributed by atoms with E-state index in [-0.39, 0.29) is 88.7 Å². The standard InChI is InChI=1S/C92H138N10O37S3/c1-48-17-13-12-14-18-49(2)66(131-9)35-56-22-20-54(7)92(130,139-56)81(117)85(121)102-30-16-15-19-63(102)89(128)136-67(36-64(103)50(3)32-53(6)79(80(133-11)78(116)52(5)31-48)138-77(115)45-142-42-62(84(120)98-39-74(111)112)101-71(106)29-25-59(95)88(126)127)51(4)33-55-21-26-65(68(34-55)132-10)137-90(129)91(8,46-134-75(113)43-140-40-60(82(118)96-37-72(107)108)99-69(104)27-23-57(93)86(122)123)47-135-76(114)44-141-41-61(83(119)97-38-73(109)110)100-70(105)28-24-58(94)87(124)125/h12-14,17-18,32,48,50-52,54-63,65-68,79-80,130H,15-16,19-31,33-47,93-95H2,1-11H3,(H,96,118)(H,97,119)(H,98,120)(H,99,104)(H,100,105)(H,101,106)(H,107,108)(H,109,110)(H,111,112)(H,122,123)(H,124,125)(H,126,127)/b14-12?,17-13+,49-18?,53-32+/t48-,50-,51-,52-,54-,55+,56+,57+,58+,59+,60+,61+,62+,63+,65-,66+,67+,68-,79-,80+,92-/m1/s1. The molecule has 0 aromatic rings. The maximum absolute atomic E-state index is 15.3. The minimum atomic E-state index is -2.67. The van der Waals surface area contributed by atoms with Crippen molar-refractivity contribution in [2.24, 2.45) is 58.1 Å². The van der Waals surface area contributed by atoms with Crippen LogP contribution in [0.15, 0.2) is 47.6 Å². The van der Waals surface area contributed by atoms with E-state index in [2.05, 4.69) is 31.9 Å². The number of amides is 7. The first kappa shape index (κ1) is 123. The summed E-state index contributed by atoms with van der Waals surface area (Å²) < 4.78 is 54.0. The molecule has 3 aliphatic heterocycles. The number of ether oxygens (including phenoxy) is 9. The predicted octanol–water partition coefficient (Wildman–Crippen LogP) is 0.208. The fraction of sp³-hybridized carbons (Fsp3) is 0.685. The van der Waals surface area contributed by atoms with E-state index in [9.17, 15) is 127 Å². The van der Waals surface area contributed by atoms with Crippen LogP contribution in [0.5, 0.6) is 0 Å². The van der Waals surface area contributed by atoms with E-state index in [1.54, 1.807) is 45.1 Å². The van der Waals surface area contributed by atoms with Crippen LogP contribution in [0.4, 0.5) is 0 Å². The molecule has 1 aliphatic carbocycles. The molecule has 796 valence electrons. The van der Waals surface area contributed by atoms with Crippen LogP contribution in [-0.4, -0.2) is 351 Å². The number of fused-ring (bicyclic) bond motifs is 3. The van der Waals surface area contributed by atoms with Crippen LogP contribution in [0.25, 0.3) is 0 Å². The number of Topliss-reactive ketones (excluding diaryl/α,β-unsaturated/α-hetero) is 3. The zero-order valence-corrected chi connectivity index (χ0v) is 84.0. The number of thioether (sulfide) groups is 3. The molecule has 19 N–H and O–H groups in total. The molecule has 50 heteroatoms. The number of hydrogen-bond donors (Lipinski definition) is 16. The van der Waals surface area contributed by atoms with Crippen molar-refractivity contribution in [1.29, 1.82) is 0 Å². The number of methoxy groups -OCH3 is 3. The van der Waals surface area contributed by atoms with Crippen molar-refractivity contribution in [2.75, 3.05) is 95.2 Å². The lowest BCUT2D eigenvalue weighted by Gasteiger charge is -2.42. The number of rotatable bonds is 49. The molecular formula is C92H138N10O37S3. The first-order valence-electron chi connectivity index (χ1n) is 46.4. The summed E-state index contributed by atoms with van der Waals surface area (Å²) in [5, 5.41) is 81.3. The van der Waals surface area contributed by atoms with Crippen molar-refractivity contribution in [1.82, 2.24) is 36.8 Å². The molecule has 0 unspecified atom stereocenters. The van der Waals surface area contributed by atoms with Gasteiger partial charge in [-0.25, -0.2) is 4.79 Å². The molecule has 142 heavy (non-hydrogen) atoms. The third-order valence-electron chi connectivity index (χ3n) is 24.2. The third-order valence-corrected chi connectivity index (χ3v) is 27.3. The zero-order valence-electron chi connectivity index (χ0n) is 81.5. The Bertz CT molecular complexity index is 4440. The van der Waals surface area contributed by atoms with Crippen LogP contribution >= 0.6 is 35.3 Å². The summed E-state index contributed by atoms with van der Waals surface area (Å²) in [7, 11) is 3.99. The monoisotopic (exact) mass is 2070 g/mol. The van der Waals surface area contributed by atoms with Crippen LogP contribution in [0, 0.1) is 40.9 Å². The Balaban J connectivity index is 1.81. The fourth-order valence-electron chi connectivity index (χ4n) is 15.8. The molecule has 21 atom stereocenters. The Kier molecular flexibility index (Phi) is 53.9. The Morgan fingerprint density at radius 3 is 1.51 bits per heavy atom. The Morgan fingerprint density at radius 2 is 1.06 bits per heavy atom. The number of ketones is 3. The van der Waals surface area contributed by atoms with Gasteiger partial charge in [-0.15, -0.1) is 35.3 Å². The predicted molar refractivity (Wildman–Crippen MR) is 507 cm³/mol. The summed E-state index contributed by atoms with van der Waals surface area (Å²) in [6.45, 7) is 8.06. The van der Waals surface area contributed by atoms with Gasteiger partial charge in [0.05, 0.1) is 35.6 Å². The van der Waals surface area contributed by atoms with E-state index in [1.165, 1.54) is 48.2 Å². The first-order valence-corrected chi connectivity index (χ1v) is 49.8. The second kappa shape index (κ2) is 62.0. The minimum Gasteiger partial charge on any atom is -0.480 e. The molecular weight excluding hydrogens is 1930 g/mol. The van der Waals surface area contributed by atoms with Crippen molar-refractivity contribution < 1.29 is 179 Å². The van der Waals surface area contributed by atoms with E-state index in [0.717, 1.165) is 22.2 Å². The van der Waals surface area contributed by atoms with Gasteiger partial charge in [-0.3, -0.25) is 95.9 Å². The molecule has 47 nitrogen and oxygen atoms in total. The normalized spacial score (nSPS) is 25.2. The molecule has 4 rings (SSSR count). The number of aliphatic hydroxyl groups is 1.